The Labute approximate surface area is 132 Å². The fourth-order valence-corrected chi connectivity index (χ4v) is 3.29. The second kappa shape index (κ2) is 7.54. The molecule has 2 aliphatic rings. The van der Waals surface area contributed by atoms with Gasteiger partial charge in [-0.05, 0) is 43.1 Å². The van der Waals surface area contributed by atoms with Gasteiger partial charge < -0.3 is 5.32 Å². The molecule has 2 heterocycles. The van der Waals surface area contributed by atoms with Crippen molar-refractivity contribution in [3.8, 4) is 0 Å². The normalized spacial score (nSPS) is 24.0. The number of rotatable bonds is 3. The molecule has 1 unspecified atom stereocenters. The molecule has 3 rings (SSSR count). The third kappa shape index (κ3) is 4.16. The molecule has 21 heavy (non-hydrogen) atoms. The van der Waals surface area contributed by atoms with E-state index in [1.807, 2.05) is 6.07 Å². The van der Waals surface area contributed by atoms with Crippen LogP contribution >= 0.6 is 12.4 Å². The van der Waals surface area contributed by atoms with Gasteiger partial charge in [-0.3, -0.25) is 9.80 Å². The van der Waals surface area contributed by atoms with E-state index in [1.54, 1.807) is 12.1 Å². The van der Waals surface area contributed by atoms with Crippen molar-refractivity contribution in [2.45, 2.75) is 25.9 Å². The van der Waals surface area contributed by atoms with E-state index in [0.29, 0.717) is 0 Å². The maximum absolute atomic E-state index is 13.3. The average molecular weight is 314 g/mol. The van der Waals surface area contributed by atoms with Gasteiger partial charge in [-0.1, -0.05) is 6.07 Å². The lowest BCUT2D eigenvalue weighted by Gasteiger charge is -2.38. The molecule has 0 bridgehead atoms. The second-order valence-electron chi connectivity index (χ2n) is 6.03. The Morgan fingerprint density at radius 2 is 2.00 bits per heavy atom. The number of aryl methyl sites for hydroxylation is 1. The van der Waals surface area contributed by atoms with E-state index in [4.69, 9.17) is 0 Å². The van der Waals surface area contributed by atoms with Gasteiger partial charge in [-0.25, -0.2) is 4.39 Å². The Morgan fingerprint density at radius 3 is 2.67 bits per heavy atom. The smallest absolute Gasteiger partial charge is 0.123 e. The van der Waals surface area contributed by atoms with Crippen molar-refractivity contribution in [3.05, 3.63) is 35.1 Å². The van der Waals surface area contributed by atoms with Gasteiger partial charge in [0.25, 0.3) is 0 Å². The van der Waals surface area contributed by atoms with Gasteiger partial charge in [0.1, 0.15) is 5.82 Å². The van der Waals surface area contributed by atoms with Crippen LogP contribution in [-0.4, -0.2) is 55.1 Å². The third-order valence-electron chi connectivity index (χ3n) is 4.66. The molecule has 0 amide bonds. The fraction of sp³-hybridized carbons (Fsp3) is 0.625. The van der Waals surface area contributed by atoms with Crippen LogP contribution in [0.5, 0.6) is 0 Å². The van der Waals surface area contributed by atoms with Crippen LogP contribution in [0, 0.1) is 12.7 Å². The fourth-order valence-electron chi connectivity index (χ4n) is 3.29. The van der Waals surface area contributed by atoms with Crippen molar-refractivity contribution in [1.82, 2.24) is 15.1 Å². The Bertz CT molecular complexity index is 455. The van der Waals surface area contributed by atoms with E-state index in [9.17, 15) is 4.39 Å². The molecule has 2 saturated heterocycles. The summed E-state index contributed by atoms with van der Waals surface area (Å²) in [5.41, 5.74) is 2.31. The number of benzene rings is 1. The van der Waals surface area contributed by atoms with Crippen molar-refractivity contribution in [3.63, 3.8) is 0 Å². The second-order valence-corrected chi connectivity index (χ2v) is 6.03. The summed E-state index contributed by atoms with van der Waals surface area (Å²) in [7, 11) is 0. The Hall–Kier alpha value is -0.680. The van der Waals surface area contributed by atoms with E-state index in [0.717, 1.165) is 57.4 Å². The number of halogens is 2. The maximum Gasteiger partial charge on any atom is 0.123 e. The quantitative estimate of drug-likeness (QED) is 0.921. The molecular weight excluding hydrogens is 289 g/mol. The summed E-state index contributed by atoms with van der Waals surface area (Å²) in [6.07, 6.45) is 1.28. The summed E-state index contributed by atoms with van der Waals surface area (Å²) >= 11 is 0. The summed E-state index contributed by atoms with van der Waals surface area (Å²) in [6.45, 7) is 9.70. The molecule has 0 saturated carbocycles. The molecule has 1 aromatic rings. The Balaban J connectivity index is 0.00000161. The van der Waals surface area contributed by atoms with Gasteiger partial charge in [0.2, 0.25) is 0 Å². The highest BCUT2D eigenvalue weighted by Crippen LogP contribution is 2.16. The molecule has 0 radical (unpaired) electrons. The van der Waals surface area contributed by atoms with Gasteiger partial charge >= 0.3 is 0 Å². The molecule has 5 heteroatoms. The summed E-state index contributed by atoms with van der Waals surface area (Å²) < 4.78 is 13.3. The zero-order valence-electron chi connectivity index (χ0n) is 12.6. The van der Waals surface area contributed by atoms with Crippen LogP contribution < -0.4 is 5.32 Å². The number of nitrogens with one attached hydrogen (secondary N) is 1. The highest BCUT2D eigenvalue weighted by Gasteiger charge is 2.25. The number of hydrogen-bond acceptors (Lipinski definition) is 3. The molecule has 1 N–H and O–H groups in total. The minimum atomic E-state index is -0.124. The first-order valence-corrected chi connectivity index (χ1v) is 7.64. The molecule has 1 atom stereocenters. The van der Waals surface area contributed by atoms with Gasteiger partial charge in [0.05, 0.1) is 0 Å². The van der Waals surface area contributed by atoms with Crippen molar-refractivity contribution in [1.29, 1.82) is 0 Å². The molecule has 0 aromatic heterocycles. The van der Waals surface area contributed by atoms with Gasteiger partial charge in [0, 0.05) is 45.3 Å². The van der Waals surface area contributed by atoms with Crippen LogP contribution in [0.2, 0.25) is 0 Å². The molecule has 0 spiro atoms. The summed E-state index contributed by atoms with van der Waals surface area (Å²) in [6, 6.07) is 5.84. The van der Waals surface area contributed by atoms with Crippen LogP contribution in [0.25, 0.3) is 0 Å². The van der Waals surface area contributed by atoms with E-state index in [2.05, 4.69) is 22.0 Å². The zero-order chi connectivity index (χ0) is 13.9. The van der Waals surface area contributed by atoms with Crippen molar-refractivity contribution in [2.24, 2.45) is 0 Å². The largest absolute Gasteiger partial charge is 0.315 e. The first-order valence-electron chi connectivity index (χ1n) is 7.64. The molecule has 3 nitrogen and oxygen atoms in total. The van der Waals surface area contributed by atoms with Gasteiger partial charge in [0.15, 0.2) is 0 Å². The van der Waals surface area contributed by atoms with Gasteiger partial charge in [-0.2, -0.15) is 0 Å². The number of piperazine rings is 1. The molecule has 2 aliphatic heterocycles. The lowest BCUT2D eigenvalue weighted by Crippen LogP contribution is -2.50. The average Bonchev–Trinajstić information content (AvgIpc) is 2.98. The standard InChI is InChI=1S/C16H24FN3.ClH/c1-13-2-3-15(17)10-14(13)12-19-6-8-20(9-7-19)16-4-5-18-11-16;/h2-3,10,16,18H,4-9,11-12H2,1H3;1H. The van der Waals surface area contributed by atoms with Crippen molar-refractivity contribution >= 4 is 12.4 Å². The first kappa shape index (κ1) is 16.7. The minimum Gasteiger partial charge on any atom is -0.315 e. The first-order chi connectivity index (χ1) is 9.72. The number of hydrogen-bond donors (Lipinski definition) is 1. The lowest BCUT2D eigenvalue weighted by molar-refractivity contribution is 0.0979. The predicted octanol–water partition coefficient (Wildman–Crippen LogP) is 2.04. The molecule has 1 aromatic carbocycles. The van der Waals surface area contributed by atoms with Crippen LogP contribution in [0.15, 0.2) is 18.2 Å². The predicted molar refractivity (Wildman–Crippen MR) is 86.5 cm³/mol. The van der Waals surface area contributed by atoms with E-state index in [1.165, 1.54) is 12.0 Å². The van der Waals surface area contributed by atoms with Crippen molar-refractivity contribution in [2.75, 3.05) is 39.3 Å². The van der Waals surface area contributed by atoms with E-state index >= 15 is 0 Å². The molecule has 2 fully saturated rings. The highest BCUT2D eigenvalue weighted by atomic mass is 35.5. The Morgan fingerprint density at radius 1 is 1.24 bits per heavy atom. The zero-order valence-corrected chi connectivity index (χ0v) is 13.5. The number of nitrogens with zero attached hydrogens (tertiary/aromatic N) is 2. The topological polar surface area (TPSA) is 18.5 Å². The molecular formula is C16H25ClFN3. The Kier molecular flexibility index (Phi) is 5.99. The highest BCUT2D eigenvalue weighted by molar-refractivity contribution is 5.85. The monoisotopic (exact) mass is 313 g/mol. The van der Waals surface area contributed by atoms with Gasteiger partial charge in [-0.15, -0.1) is 12.4 Å². The van der Waals surface area contributed by atoms with E-state index < -0.39 is 0 Å². The maximum atomic E-state index is 13.3. The summed E-state index contributed by atoms with van der Waals surface area (Å²) in [5, 5.41) is 3.44. The van der Waals surface area contributed by atoms with Crippen LogP contribution in [0.4, 0.5) is 4.39 Å². The summed E-state index contributed by atoms with van der Waals surface area (Å²) in [4.78, 5) is 5.05. The minimum absolute atomic E-state index is 0. The third-order valence-corrected chi connectivity index (χ3v) is 4.66. The molecule has 118 valence electrons. The summed E-state index contributed by atoms with van der Waals surface area (Å²) in [5.74, 6) is -0.124. The lowest BCUT2D eigenvalue weighted by atomic mass is 10.1. The van der Waals surface area contributed by atoms with Crippen molar-refractivity contribution < 1.29 is 4.39 Å². The molecule has 0 aliphatic carbocycles. The SMILES string of the molecule is Cc1ccc(F)cc1CN1CCN(C2CCNC2)CC1.Cl. The van der Waals surface area contributed by atoms with Crippen LogP contribution in [0.3, 0.4) is 0 Å². The van der Waals surface area contributed by atoms with E-state index in [-0.39, 0.29) is 18.2 Å². The van der Waals surface area contributed by atoms with Crippen LogP contribution in [0.1, 0.15) is 17.5 Å². The van der Waals surface area contributed by atoms with Crippen LogP contribution in [-0.2, 0) is 6.54 Å².